The molecule has 1 aromatic rings. The third-order valence-corrected chi connectivity index (χ3v) is 2.40. The molecule has 9 nitrogen and oxygen atoms in total. The average Bonchev–Trinajstić information content (AvgIpc) is 2.35. The number of hydrogen-bond donors (Lipinski definition) is 3. The van der Waals surface area contributed by atoms with Crippen molar-refractivity contribution in [3.63, 3.8) is 0 Å². The van der Waals surface area contributed by atoms with E-state index >= 15 is 0 Å². The van der Waals surface area contributed by atoms with Crippen molar-refractivity contribution >= 4 is 28.7 Å². The lowest BCUT2D eigenvalue weighted by atomic mass is 10.2. The van der Waals surface area contributed by atoms with Crippen molar-refractivity contribution in [1.82, 2.24) is 0 Å². The predicted molar refractivity (Wildman–Crippen MR) is 66.3 cm³/mol. The Kier molecular flexibility index (Phi) is 4.98. The average molecular weight is 292 g/mol. The summed E-state index contributed by atoms with van der Waals surface area (Å²) in [5.74, 6) is 0. The number of aliphatic hydroxyl groups excluding tert-OH is 2. The fourth-order valence-corrected chi connectivity index (χ4v) is 1.54. The molecule has 3 N–H and O–H groups in total. The Labute approximate surface area is 111 Å². The Bertz CT molecular complexity index is 474. The van der Waals surface area contributed by atoms with E-state index in [1.54, 1.807) is 0 Å². The van der Waals surface area contributed by atoms with Crippen molar-refractivity contribution in [2.45, 2.75) is 6.10 Å². The van der Waals surface area contributed by atoms with Gasteiger partial charge in [0.25, 0.3) is 0 Å². The molecule has 0 aliphatic heterocycles. The third kappa shape index (κ3) is 3.74. The Morgan fingerprint density at radius 3 is 2.11 bits per heavy atom. The Balaban J connectivity index is 3.23. The fraction of sp³-hybridized carbons (Fsp3) is 0.333. The van der Waals surface area contributed by atoms with Crippen molar-refractivity contribution in [3.05, 3.63) is 37.4 Å². The van der Waals surface area contributed by atoms with E-state index in [0.29, 0.717) is 0 Å². The Hall–Kier alpha value is -1.97. The van der Waals surface area contributed by atoms with Crippen LogP contribution in [0.4, 0.5) is 17.1 Å². The number of benzene rings is 1. The summed E-state index contributed by atoms with van der Waals surface area (Å²) in [5.41, 5.74) is -1.53. The van der Waals surface area contributed by atoms with Crippen LogP contribution in [0.5, 0.6) is 0 Å². The summed E-state index contributed by atoms with van der Waals surface area (Å²) in [6.45, 7) is -0.859. The van der Waals surface area contributed by atoms with Crippen LogP contribution < -0.4 is 5.32 Å². The molecule has 1 rings (SSSR count). The maximum atomic E-state index is 10.8. The molecular weight excluding hydrogens is 282 g/mol. The fourth-order valence-electron chi connectivity index (χ4n) is 1.33. The van der Waals surface area contributed by atoms with Gasteiger partial charge in [0.05, 0.1) is 27.6 Å². The van der Waals surface area contributed by atoms with Crippen LogP contribution in [0.2, 0.25) is 5.02 Å². The molecule has 1 aromatic carbocycles. The van der Waals surface area contributed by atoms with Crippen molar-refractivity contribution < 1.29 is 20.1 Å². The molecule has 10 heteroatoms. The van der Waals surface area contributed by atoms with Gasteiger partial charge in [-0.25, -0.2) is 0 Å². The van der Waals surface area contributed by atoms with E-state index in [0.717, 1.165) is 12.1 Å². The van der Waals surface area contributed by atoms with Crippen LogP contribution in [-0.4, -0.2) is 39.3 Å². The zero-order valence-corrected chi connectivity index (χ0v) is 10.2. The number of nitrogens with zero attached hydrogens (tertiary/aromatic N) is 2. The largest absolute Gasteiger partial charge is 0.394 e. The molecule has 0 aromatic heterocycles. The number of anilines is 1. The zero-order valence-electron chi connectivity index (χ0n) is 9.45. The molecule has 0 heterocycles. The topological polar surface area (TPSA) is 139 Å². The Morgan fingerprint density at radius 2 is 1.74 bits per heavy atom. The summed E-state index contributed by atoms with van der Waals surface area (Å²) in [4.78, 5) is 20.0. The van der Waals surface area contributed by atoms with Gasteiger partial charge in [-0.1, -0.05) is 11.6 Å². The molecule has 104 valence electrons. The first-order valence-electron chi connectivity index (χ1n) is 5.02. The number of aliphatic hydroxyl groups is 2. The molecule has 0 aliphatic rings. The second-order valence-corrected chi connectivity index (χ2v) is 3.99. The number of rotatable bonds is 6. The van der Waals surface area contributed by atoms with Gasteiger partial charge in [0.15, 0.2) is 5.69 Å². The highest BCUT2D eigenvalue weighted by atomic mass is 35.5. The maximum absolute atomic E-state index is 10.8. The lowest BCUT2D eigenvalue weighted by Gasteiger charge is -2.11. The van der Waals surface area contributed by atoms with E-state index in [9.17, 15) is 20.2 Å². The van der Waals surface area contributed by atoms with Gasteiger partial charge in [-0.2, -0.15) is 0 Å². The first-order valence-corrected chi connectivity index (χ1v) is 5.39. The minimum Gasteiger partial charge on any atom is -0.394 e. The maximum Gasteiger partial charge on any atom is 0.300 e. The normalized spacial score (nSPS) is 11.9. The molecular formula is C9H10ClN3O6. The van der Waals surface area contributed by atoms with Crippen molar-refractivity contribution in [3.8, 4) is 0 Å². The third-order valence-electron chi connectivity index (χ3n) is 2.18. The van der Waals surface area contributed by atoms with E-state index in [1.807, 2.05) is 0 Å². The van der Waals surface area contributed by atoms with Crippen LogP contribution in [0.1, 0.15) is 0 Å². The predicted octanol–water partition coefficient (Wildman–Crippen LogP) is 0.921. The number of nitrogens with one attached hydrogen (secondary N) is 1. The van der Waals surface area contributed by atoms with Gasteiger partial charge < -0.3 is 15.5 Å². The minimum absolute atomic E-state index is 0.147. The Morgan fingerprint density at radius 1 is 1.26 bits per heavy atom. The molecule has 19 heavy (non-hydrogen) atoms. The van der Waals surface area contributed by atoms with Crippen LogP contribution in [0, 0.1) is 20.2 Å². The molecule has 0 radical (unpaired) electrons. The summed E-state index contributed by atoms with van der Waals surface area (Å²) >= 11 is 5.57. The molecule has 0 saturated carbocycles. The second-order valence-electron chi connectivity index (χ2n) is 3.55. The summed E-state index contributed by atoms with van der Waals surface area (Å²) in [5, 5.41) is 41.7. The van der Waals surface area contributed by atoms with Crippen LogP contribution in [0.3, 0.4) is 0 Å². The minimum atomic E-state index is -1.20. The van der Waals surface area contributed by atoms with Gasteiger partial charge in [0, 0.05) is 18.7 Å². The molecule has 1 unspecified atom stereocenters. The highest BCUT2D eigenvalue weighted by Crippen LogP contribution is 2.37. The smallest absolute Gasteiger partial charge is 0.300 e. The highest BCUT2D eigenvalue weighted by molar-refractivity contribution is 6.31. The summed E-state index contributed by atoms with van der Waals surface area (Å²) < 4.78 is 0. The van der Waals surface area contributed by atoms with Crippen LogP contribution in [0.25, 0.3) is 0 Å². The van der Waals surface area contributed by atoms with E-state index in [1.165, 1.54) is 0 Å². The monoisotopic (exact) mass is 291 g/mol. The van der Waals surface area contributed by atoms with Crippen molar-refractivity contribution in [2.75, 3.05) is 18.5 Å². The quantitative estimate of drug-likeness (QED) is 0.523. The number of halogens is 1. The van der Waals surface area contributed by atoms with Gasteiger partial charge >= 0.3 is 11.4 Å². The second kappa shape index (κ2) is 6.27. The molecule has 0 fully saturated rings. The summed E-state index contributed by atoms with van der Waals surface area (Å²) in [6.07, 6.45) is -1.20. The van der Waals surface area contributed by atoms with Crippen LogP contribution in [0.15, 0.2) is 12.1 Å². The molecule has 0 bridgehead atoms. The zero-order chi connectivity index (χ0) is 14.6. The van der Waals surface area contributed by atoms with E-state index < -0.39 is 33.9 Å². The van der Waals surface area contributed by atoms with Crippen molar-refractivity contribution in [1.29, 1.82) is 0 Å². The van der Waals surface area contributed by atoms with Gasteiger partial charge in [-0.05, 0) is 0 Å². The highest BCUT2D eigenvalue weighted by Gasteiger charge is 2.26. The van der Waals surface area contributed by atoms with Gasteiger partial charge in [0.2, 0.25) is 0 Å². The van der Waals surface area contributed by atoms with E-state index in [2.05, 4.69) is 5.32 Å². The first kappa shape index (κ1) is 15.1. The molecule has 0 saturated heterocycles. The van der Waals surface area contributed by atoms with E-state index in [4.69, 9.17) is 21.8 Å². The number of hydrogen-bond acceptors (Lipinski definition) is 7. The van der Waals surface area contributed by atoms with Crippen LogP contribution in [-0.2, 0) is 0 Å². The lowest BCUT2D eigenvalue weighted by Crippen LogP contribution is -2.23. The van der Waals surface area contributed by atoms with Gasteiger partial charge in [-0.3, -0.25) is 20.2 Å². The molecule has 1 atom stereocenters. The molecule has 0 aliphatic carbocycles. The number of nitro groups is 2. The van der Waals surface area contributed by atoms with Crippen molar-refractivity contribution in [2.24, 2.45) is 0 Å². The SMILES string of the molecule is O=[N+]([O-])c1cc(Cl)cc([N+](=O)[O-])c1NCC(O)CO. The summed E-state index contributed by atoms with van der Waals surface area (Å²) in [7, 11) is 0. The van der Waals surface area contributed by atoms with E-state index in [-0.39, 0.29) is 17.3 Å². The lowest BCUT2D eigenvalue weighted by molar-refractivity contribution is -0.392. The van der Waals surface area contributed by atoms with Gasteiger partial charge in [0.1, 0.15) is 0 Å². The standard InChI is InChI=1S/C9H10ClN3O6/c10-5-1-7(12(16)17)9(8(2-5)13(18)19)11-3-6(15)4-14/h1-2,6,11,14-15H,3-4H2. The molecule has 0 amide bonds. The summed E-state index contributed by atoms with van der Waals surface area (Å²) in [6, 6.07) is 1.92. The van der Waals surface area contributed by atoms with Gasteiger partial charge in [-0.15, -0.1) is 0 Å². The van der Waals surface area contributed by atoms with Crippen LogP contribution >= 0.6 is 11.6 Å². The number of nitro benzene ring substituents is 2. The first-order chi connectivity index (χ1) is 8.86. The molecule has 0 spiro atoms.